The number of H-pyrrole nitrogens is 1. The SMILES string of the molecule is CC(N)CNc1cnc(C(N)=O)c(-c2cc3cc(-c4cccnc4)ccc3[nH]2)n1. The number of anilines is 1. The van der Waals surface area contributed by atoms with E-state index in [-0.39, 0.29) is 11.7 Å². The lowest BCUT2D eigenvalue weighted by molar-refractivity contribution is 0.0996. The highest BCUT2D eigenvalue weighted by atomic mass is 16.1. The molecule has 4 rings (SSSR count). The first-order valence-corrected chi connectivity index (χ1v) is 9.21. The molecule has 4 aromatic rings. The second-order valence-electron chi connectivity index (χ2n) is 6.90. The van der Waals surface area contributed by atoms with Crippen LogP contribution in [0.1, 0.15) is 17.4 Å². The summed E-state index contributed by atoms with van der Waals surface area (Å²) < 4.78 is 0. The van der Waals surface area contributed by atoms with Crippen LogP contribution in [0.5, 0.6) is 0 Å². The van der Waals surface area contributed by atoms with Gasteiger partial charge in [0, 0.05) is 41.4 Å². The molecular formula is C21H21N7O. The molecule has 0 radical (unpaired) electrons. The highest BCUT2D eigenvalue weighted by molar-refractivity contribution is 5.98. The van der Waals surface area contributed by atoms with E-state index in [1.54, 1.807) is 6.20 Å². The number of amides is 1. The van der Waals surface area contributed by atoms with Gasteiger partial charge in [-0.2, -0.15) is 0 Å². The number of nitrogens with zero attached hydrogens (tertiary/aromatic N) is 3. The van der Waals surface area contributed by atoms with Crippen molar-refractivity contribution in [3.05, 3.63) is 60.7 Å². The third kappa shape index (κ3) is 3.92. The van der Waals surface area contributed by atoms with Crippen molar-refractivity contribution < 1.29 is 4.79 Å². The molecule has 0 aliphatic rings. The van der Waals surface area contributed by atoms with Crippen LogP contribution < -0.4 is 16.8 Å². The number of nitrogens with two attached hydrogens (primary N) is 2. The van der Waals surface area contributed by atoms with E-state index in [1.807, 2.05) is 43.5 Å². The van der Waals surface area contributed by atoms with Gasteiger partial charge in [0.15, 0.2) is 5.69 Å². The molecule has 1 aromatic carbocycles. The number of aromatic amines is 1. The van der Waals surface area contributed by atoms with E-state index in [9.17, 15) is 4.79 Å². The Bertz CT molecular complexity index is 1170. The third-order valence-electron chi connectivity index (χ3n) is 4.48. The maximum atomic E-state index is 11.9. The summed E-state index contributed by atoms with van der Waals surface area (Å²) in [5.41, 5.74) is 15.5. The second-order valence-corrected chi connectivity index (χ2v) is 6.90. The predicted molar refractivity (Wildman–Crippen MR) is 113 cm³/mol. The molecule has 0 saturated carbocycles. The van der Waals surface area contributed by atoms with Crippen molar-refractivity contribution in [2.24, 2.45) is 11.5 Å². The summed E-state index contributed by atoms with van der Waals surface area (Å²) in [6.07, 6.45) is 5.04. The number of pyridine rings is 1. The average Bonchev–Trinajstić information content (AvgIpc) is 3.16. The molecule has 6 N–H and O–H groups in total. The van der Waals surface area contributed by atoms with Crippen molar-refractivity contribution in [2.75, 3.05) is 11.9 Å². The number of aromatic nitrogens is 4. The predicted octanol–water partition coefficient (Wildman–Crippen LogP) is 2.54. The van der Waals surface area contributed by atoms with Crippen molar-refractivity contribution in [1.82, 2.24) is 19.9 Å². The van der Waals surface area contributed by atoms with Crippen LogP contribution in [-0.2, 0) is 0 Å². The summed E-state index contributed by atoms with van der Waals surface area (Å²) in [5, 5.41) is 4.09. The lowest BCUT2D eigenvalue weighted by Crippen LogP contribution is -2.26. The Morgan fingerprint density at radius 1 is 1.21 bits per heavy atom. The quantitative estimate of drug-likeness (QED) is 0.401. The summed E-state index contributed by atoms with van der Waals surface area (Å²) in [6.45, 7) is 2.42. The molecule has 29 heavy (non-hydrogen) atoms. The molecule has 3 heterocycles. The molecule has 0 fully saturated rings. The Hall–Kier alpha value is -3.78. The fraction of sp³-hybridized carbons (Fsp3) is 0.143. The molecule has 0 aliphatic carbocycles. The lowest BCUT2D eigenvalue weighted by atomic mass is 10.1. The van der Waals surface area contributed by atoms with E-state index in [1.165, 1.54) is 6.20 Å². The van der Waals surface area contributed by atoms with Crippen molar-refractivity contribution in [2.45, 2.75) is 13.0 Å². The molecule has 3 aromatic heterocycles. The Kier molecular flexibility index (Phi) is 4.92. The maximum Gasteiger partial charge on any atom is 0.269 e. The van der Waals surface area contributed by atoms with Crippen LogP contribution in [0, 0.1) is 0 Å². The summed E-state index contributed by atoms with van der Waals surface area (Å²) in [5.74, 6) is -0.113. The van der Waals surface area contributed by atoms with E-state index in [0.29, 0.717) is 23.8 Å². The molecule has 0 aliphatic heterocycles. The molecule has 8 nitrogen and oxygen atoms in total. The van der Waals surface area contributed by atoms with Crippen LogP contribution in [0.15, 0.2) is 55.0 Å². The number of carbonyl (C=O) groups excluding carboxylic acids is 1. The van der Waals surface area contributed by atoms with Crippen molar-refractivity contribution in [1.29, 1.82) is 0 Å². The van der Waals surface area contributed by atoms with Crippen molar-refractivity contribution in [3.63, 3.8) is 0 Å². The molecular weight excluding hydrogens is 366 g/mol. The van der Waals surface area contributed by atoms with Crippen LogP contribution in [0.25, 0.3) is 33.4 Å². The van der Waals surface area contributed by atoms with Gasteiger partial charge < -0.3 is 21.8 Å². The van der Waals surface area contributed by atoms with Crippen LogP contribution in [0.4, 0.5) is 5.82 Å². The maximum absolute atomic E-state index is 11.9. The van der Waals surface area contributed by atoms with Crippen molar-refractivity contribution >= 4 is 22.6 Å². The molecule has 1 unspecified atom stereocenters. The van der Waals surface area contributed by atoms with Crippen LogP contribution in [-0.4, -0.2) is 38.4 Å². The Morgan fingerprint density at radius 3 is 2.79 bits per heavy atom. The zero-order chi connectivity index (χ0) is 20.4. The van der Waals surface area contributed by atoms with E-state index >= 15 is 0 Å². The largest absolute Gasteiger partial charge is 0.367 e. The normalized spacial score (nSPS) is 12.1. The number of benzene rings is 1. The molecule has 0 spiro atoms. The summed E-state index contributed by atoms with van der Waals surface area (Å²) in [4.78, 5) is 28.1. The highest BCUT2D eigenvalue weighted by Gasteiger charge is 2.17. The van der Waals surface area contributed by atoms with Gasteiger partial charge in [-0.15, -0.1) is 0 Å². The Morgan fingerprint density at radius 2 is 2.07 bits per heavy atom. The highest BCUT2D eigenvalue weighted by Crippen LogP contribution is 2.29. The Balaban J connectivity index is 1.77. The first kappa shape index (κ1) is 18.6. The Labute approximate surface area is 167 Å². The van der Waals surface area contributed by atoms with E-state index in [4.69, 9.17) is 11.5 Å². The standard InChI is InChI=1S/C21H21N7O/c1-12(22)9-25-18-11-26-20(21(23)29)19(28-18)17-8-15-7-13(4-5-16(15)27-17)14-3-2-6-24-10-14/h2-8,10-12,27H,9,22H2,1H3,(H2,23,29)(H,25,28). The summed E-state index contributed by atoms with van der Waals surface area (Å²) >= 11 is 0. The number of rotatable bonds is 6. The number of primary amides is 1. The summed E-state index contributed by atoms with van der Waals surface area (Å²) in [6, 6.07) is 11.8. The average molecular weight is 387 g/mol. The van der Waals surface area contributed by atoms with Gasteiger partial charge in [-0.05, 0) is 36.8 Å². The third-order valence-corrected chi connectivity index (χ3v) is 4.48. The number of nitrogens with one attached hydrogen (secondary N) is 2. The fourth-order valence-corrected chi connectivity index (χ4v) is 3.08. The fourth-order valence-electron chi connectivity index (χ4n) is 3.08. The van der Waals surface area contributed by atoms with Gasteiger partial charge in [-0.1, -0.05) is 12.1 Å². The van der Waals surface area contributed by atoms with Crippen LogP contribution >= 0.6 is 0 Å². The minimum Gasteiger partial charge on any atom is -0.367 e. The summed E-state index contributed by atoms with van der Waals surface area (Å²) in [7, 11) is 0. The lowest BCUT2D eigenvalue weighted by Gasteiger charge is -2.10. The minimum absolute atomic E-state index is 0.0463. The van der Waals surface area contributed by atoms with Crippen molar-refractivity contribution in [3.8, 4) is 22.5 Å². The van der Waals surface area contributed by atoms with Gasteiger partial charge in [0.05, 0.1) is 11.9 Å². The van der Waals surface area contributed by atoms with Gasteiger partial charge in [0.1, 0.15) is 11.5 Å². The van der Waals surface area contributed by atoms with Gasteiger partial charge in [0.25, 0.3) is 5.91 Å². The smallest absolute Gasteiger partial charge is 0.269 e. The zero-order valence-electron chi connectivity index (χ0n) is 15.9. The number of hydrogen-bond donors (Lipinski definition) is 4. The minimum atomic E-state index is -0.638. The number of fused-ring (bicyclic) bond motifs is 1. The molecule has 1 atom stereocenters. The molecule has 1 amide bonds. The van der Waals surface area contributed by atoms with Crippen LogP contribution in [0.2, 0.25) is 0 Å². The van der Waals surface area contributed by atoms with E-state index in [0.717, 1.165) is 22.0 Å². The molecule has 146 valence electrons. The van der Waals surface area contributed by atoms with Crippen LogP contribution in [0.3, 0.4) is 0 Å². The number of hydrogen-bond acceptors (Lipinski definition) is 6. The monoisotopic (exact) mass is 387 g/mol. The molecule has 8 heteroatoms. The molecule has 0 saturated heterocycles. The molecule has 0 bridgehead atoms. The topological polar surface area (TPSA) is 136 Å². The first-order chi connectivity index (χ1) is 14.0. The zero-order valence-corrected chi connectivity index (χ0v) is 15.9. The number of carbonyl (C=O) groups is 1. The van der Waals surface area contributed by atoms with Gasteiger partial charge in [-0.3, -0.25) is 9.78 Å². The van der Waals surface area contributed by atoms with E-state index < -0.39 is 5.91 Å². The second kappa shape index (κ2) is 7.69. The van der Waals surface area contributed by atoms with E-state index in [2.05, 4.69) is 31.3 Å². The van der Waals surface area contributed by atoms with Gasteiger partial charge in [-0.25, -0.2) is 9.97 Å². The first-order valence-electron chi connectivity index (χ1n) is 9.21. The van der Waals surface area contributed by atoms with Gasteiger partial charge in [0.2, 0.25) is 0 Å². The van der Waals surface area contributed by atoms with Gasteiger partial charge >= 0.3 is 0 Å².